The fourth-order valence-corrected chi connectivity index (χ4v) is 2.43. The summed E-state index contributed by atoms with van der Waals surface area (Å²) in [5.41, 5.74) is 0.186. The van der Waals surface area contributed by atoms with Crippen LogP contribution in [0.15, 0.2) is 24.3 Å². The lowest BCUT2D eigenvalue weighted by Crippen LogP contribution is -2.43. The Morgan fingerprint density at radius 3 is 2.57 bits per heavy atom. The molecule has 0 aromatic heterocycles. The van der Waals surface area contributed by atoms with Crippen molar-refractivity contribution in [2.24, 2.45) is 0 Å². The van der Waals surface area contributed by atoms with Gasteiger partial charge in [-0.3, -0.25) is 4.79 Å². The fourth-order valence-electron chi connectivity index (χ4n) is 2.43. The smallest absolute Gasteiger partial charge is 0.335 e. The first kappa shape index (κ1) is 15.3. The summed E-state index contributed by atoms with van der Waals surface area (Å²) < 4.78 is 5.57. The molecule has 2 rings (SSSR count). The van der Waals surface area contributed by atoms with Crippen molar-refractivity contribution in [3.05, 3.63) is 29.8 Å². The van der Waals surface area contributed by atoms with E-state index < -0.39 is 12.1 Å². The van der Waals surface area contributed by atoms with Crippen LogP contribution in [0.2, 0.25) is 0 Å². The van der Waals surface area contributed by atoms with Crippen molar-refractivity contribution in [3.63, 3.8) is 0 Å². The van der Waals surface area contributed by atoms with E-state index in [1.54, 1.807) is 24.0 Å². The van der Waals surface area contributed by atoms with Crippen LogP contribution in [0.3, 0.4) is 0 Å². The van der Waals surface area contributed by atoms with Gasteiger partial charge in [-0.05, 0) is 30.7 Å². The highest BCUT2D eigenvalue weighted by Crippen LogP contribution is 2.21. The minimum absolute atomic E-state index is 0.00127. The maximum absolute atomic E-state index is 11.8. The Balaban J connectivity index is 1.97. The molecule has 0 unspecified atom stereocenters. The molecule has 6 nitrogen and oxygen atoms in total. The normalized spacial score (nSPS) is 21.3. The van der Waals surface area contributed by atoms with Gasteiger partial charge in [-0.1, -0.05) is 6.92 Å². The van der Waals surface area contributed by atoms with Gasteiger partial charge in [0.2, 0.25) is 5.91 Å². The van der Waals surface area contributed by atoms with Crippen LogP contribution in [0.4, 0.5) is 0 Å². The number of carbonyl (C=O) groups excluding carboxylic acids is 1. The van der Waals surface area contributed by atoms with E-state index in [0.29, 0.717) is 25.1 Å². The minimum Gasteiger partial charge on any atom is -0.491 e. The number of rotatable bonds is 5. The number of aliphatic hydroxyl groups excluding tert-OH is 1. The van der Waals surface area contributed by atoms with Crippen LogP contribution in [0, 0.1) is 0 Å². The number of ether oxygens (including phenoxy) is 1. The number of aromatic carboxylic acids is 1. The van der Waals surface area contributed by atoms with E-state index in [1.807, 2.05) is 0 Å². The van der Waals surface area contributed by atoms with Gasteiger partial charge < -0.3 is 19.8 Å². The number of carbonyl (C=O) groups is 2. The molecule has 2 N–H and O–H groups in total. The zero-order valence-corrected chi connectivity index (χ0v) is 11.9. The van der Waals surface area contributed by atoms with Gasteiger partial charge in [-0.25, -0.2) is 4.79 Å². The molecule has 1 aliphatic rings. The molecule has 1 fully saturated rings. The van der Waals surface area contributed by atoms with Crippen molar-refractivity contribution in [2.75, 3.05) is 13.2 Å². The highest BCUT2D eigenvalue weighted by atomic mass is 16.5. The lowest BCUT2D eigenvalue weighted by Gasteiger charge is -2.26. The lowest BCUT2D eigenvalue weighted by atomic mass is 10.2. The van der Waals surface area contributed by atoms with E-state index in [2.05, 4.69) is 0 Å². The summed E-state index contributed by atoms with van der Waals surface area (Å²) in [6.45, 7) is 2.52. The summed E-state index contributed by atoms with van der Waals surface area (Å²) in [5.74, 6) is -0.475. The first-order valence-electron chi connectivity index (χ1n) is 6.96. The molecule has 0 spiro atoms. The number of amides is 1. The van der Waals surface area contributed by atoms with Crippen LogP contribution >= 0.6 is 0 Å². The second-order valence-corrected chi connectivity index (χ2v) is 5.00. The maximum Gasteiger partial charge on any atom is 0.335 e. The average Bonchev–Trinajstić information content (AvgIpc) is 2.85. The van der Waals surface area contributed by atoms with Crippen LogP contribution in [-0.2, 0) is 4.79 Å². The average molecular weight is 293 g/mol. The molecule has 114 valence electrons. The molecule has 21 heavy (non-hydrogen) atoms. The Morgan fingerprint density at radius 1 is 1.33 bits per heavy atom. The zero-order valence-electron chi connectivity index (χ0n) is 11.9. The van der Waals surface area contributed by atoms with Gasteiger partial charge in [-0.15, -0.1) is 0 Å². The van der Waals surface area contributed by atoms with Gasteiger partial charge >= 0.3 is 5.97 Å². The molecule has 0 bridgehead atoms. The zero-order chi connectivity index (χ0) is 15.4. The Morgan fingerprint density at radius 2 is 2.00 bits per heavy atom. The van der Waals surface area contributed by atoms with Crippen molar-refractivity contribution in [2.45, 2.75) is 31.9 Å². The molecular formula is C15H19NO5. The lowest BCUT2D eigenvalue weighted by molar-refractivity contribution is -0.133. The molecule has 1 heterocycles. The fraction of sp³-hybridized carbons (Fsp3) is 0.467. The van der Waals surface area contributed by atoms with E-state index in [0.717, 1.165) is 0 Å². The predicted octanol–water partition coefficient (Wildman–Crippen LogP) is 1.14. The number of likely N-dealkylation sites (tertiary alicyclic amines) is 1. The number of aliphatic hydroxyl groups is 1. The molecule has 0 radical (unpaired) electrons. The van der Waals surface area contributed by atoms with E-state index in [9.17, 15) is 14.7 Å². The molecule has 1 saturated heterocycles. The summed E-state index contributed by atoms with van der Waals surface area (Å²) in [6.07, 6.45) is 0.368. The van der Waals surface area contributed by atoms with Crippen molar-refractivity contribution in [3.8, 4) is 5.75 Å². The molecule has 2 atom stereocenters. The highest BCUT2D eigenvalue weighted by molar-refractivity contribution is 5.87. The van der Waals surface area contributed by atoms with Gasteiger partial charge in [0, 0.05) is 13.0 Å². The molecule has 1 aromatic rings. The standard InChI is InChI=1S/C15H19NO5/c1-2-14(18)16-8-7-13(17)12(16)9-21-11-5-3-10(4-6-11)15(19)20/h3-6,12-13,17H,2,7-9H2,1H3,(H,19,20)/t12-,13+/m1/s1. The van der Waals surface area contributed by atoms with Crippen LogP contribution in [-0.4, -0.2) is 52.3 Å². The largest absolute Gasteiger partial charge is 0.491 e. The number of hydrogen-bond donors (Lipinski definition) is 2. The quantitative estimate of drug-likeness (QED) is 0.850. The summed E-state index contributed by atoms with van der Waals surface area (Å²) >= 11 is 0. The SMILES string of the molecule is CCC(=O)N1CC[C@H](O)[C@H]1COc1ccc(C(=O)O)cc1. The first-order chi connectivity index (χ1) is 10.0. The van der Waals surface area contributed by atoms with E-state index in [4.69, 9.17) is 9.84 Å². The predicted molar refractivity (Wildman–Crippen MR) is 75.3 cm³/mol. The first-order valence-corrected chi connectivity index (χ1v) is 6.96. The topological polar surface area (TPSA) is 87.1 Å². The van der Waals surface area contributed by atoms with E-state index in [1.165, 1.54) is 12.1 Å². The maximum atomic E-state index is 11.8. The van der Waals surface area contributed by atoms with Crippen molar-refractivity contribution in [1.82, 2.24) is 4.90 Å². The molecule has 1 amide bonds. The van der Waals surface area contributed by atoms with Crippen molar-refractivity contribution < 1.29 is 24.5 Å². The number of carboxylic acid groups (broad SMARTS) is 1. The van der Waals surface area contributed by atoms with Crippen molar-refractivity contribution in [1.29, 1.82) is 0 Å². The van der Waals surface area contributed by atoms with Crippen molar-refractivity contribution >= 4 is 11.9 Å². The summed E-state index contributed by atoms with van der Waals surface area (Å²) in [7, 11) is 0. The van der Waals surface area contributed by atoms with E-state index in [-0.39, 0.29) is 24.1 Å². The van der Waals surface area contributed by atoms with Gasteiger partial charge in [0.1, 0.15) is 12.4 Å². The second-order valence-electron chi connectivity index (χ2n) is 5.00. The Kier molecular flexibility index (Phi) is 4.80. The minimum atomic E-state index is -0.993. The van der Waals surface area contributed by atoms with Crippen LogP contribution < -0.4 is 4.74 Å². The van der Waals surface area contributed by atoms with Gasteiger partial charge in [0.25, 0.3) is 0 Å². The molecule has 1 aliphatic heterocycles. The summed E-state index contributed by atoms with van der Waals surface area (Å²) in [6, 6.07) is 5.69. The third kappa shape index (κ3) is 3.52. The number of carboxylic acids is 1. The monoisotopic (exact) mass is 293 g/mol. The third-order valence-electron chi connectivity index (χ3n) is 3.66. The summed E-state index contributed by atoms with van der Waals surface area (Å²) in [4.78, 5) is 24.2. The van der Waals surface area contributed by atoms with Crippen LogP contribution in [0.1, 0.15) is 30.1 Å². The molecular weight excluding hydrogens is 274 g/mol. The third-order valence-corrected chi connectivity index (χ3v) is 3.66. The molecule has 6 heteroatoms. The summed E-state index contributed by atoms with van der Waals surface area (Å²) in [5, 5.41) is 18.8. The second kappa shape index (κ2) is 6.58. The van der Waals surface area contributed by atoms with Crippen LogP contribution in [0.5, 0.6) is 5.75 Å². The molecule has 0 saturated carbocycles. The van der Waals surface area contributed by atoms with Gasteiger partial charge in [0.05, 0.1) is 17.7 Å². The number of nitrogens with zero attached hydrogens (tertiary/aromatic N) is 1. The van der Waals surface area contributed by atoms with Crippen LogP contribution in [0.25, 0.3) is 0 Å². The Labute approximate surface area is 122 Å². The van der Waals surface area contributed by atoms with E-state index >= 15 is 0 Å². The van der Waals surface area contributed by atoms with Gasteiger partial charge in [-0.2, -0.15) is 0 Å². The Bertz CT molecular complexity index is 513. The number of benzene rings is 1. The number of hydrogen-bond acceptors (Lipinski definition) is 4. The van der Waals surface area contributed by atoms with Gasteiger partial charge in [0.15, 0.2) is 0 Å². The Hall–Kier alpha value is -2.08. The molecule has 0 aliphatic carbocycles. The molecule has 1 aromatic carbocycles. The highest BCUT2D eigenvalue weighted by Gasteiger charge is 2.35.